The molecule has 0 unspecified atom stereocenters. The molecule has 24 heavy (non-hydrogen) atoms. The highest BCUT2D eigenvalue weighted by molar-refractivity contribution is 8.18. The third-order valence-corrected chi connectivity index (χ3v) is 4.41. The molecule has 1 N–H and O–H groups in total. The number of benzene rings is 2. The van der Waals surface area contributed by atoms with E-state index in [0.29, 0.717) is 21.2 Å². The van der Waals surface area contributed by atoms with E-state index in [1.165, 1.54) is 12.1 Å². The van der Waals surface area contributed by atoms with Crippen molar-refractivity contribution in [3.63, 3.8) is 0 Å². The van der Waals surface area contributed by atoms with Crippen LogP contribution in [0.4, 0.5) is 9.18 Å². The Morgan fingerprint density at radius 1 is 1.21 bits per heavy atom. The molecule has 7 heteroatoms. The van der Waals surface area contributed by atoms with Gasteiger partial charge in [0.05, 0.1) is 9.93 Å². The number of halogens is 2. The molecule has 4 nitrogen and oxygen atoms in total. The van der Waals surface area contributed by atoms with E-state index in [1.54, 1.807) is 36.4 Å². The maximum atomic E-state index is 13.7. The van der Waals surface area contributed by atoms with Crippen molar-refractivity contribution in [3.8, 4) is 5.75 Å². The van der Waals surface area contributed by atoms with E-state index in [1.807, 2.05) is 0 Å². The summed E-state index contributed by atoms with van der Waals surface area (Å²) in [6, 6.07) is 11.4. The van der Waals surface area contributed by atoms with Gasteiger partial charge in [-0.25, -0.2) is 4.39 Å². The first-order valence-corrected chi connectivity index (χ1v) is 8.13. The summed E-state index contributed by atoms with van der Waals surface area (Å²) in [6.45, 7) is -0.0146. The normalized spacial score (nSPS) is 15.7. The van der Waals surface area contributed by atoms with Crippen LogP contribution in [0.25, 0.3) is 6.08 Å². The van der Waals surface area contributed by atoms with Crippen molar-refractivity contribution < 1.29 is 18.7 Å². The molecule has 2 amide bonds. The van der Waals surface area contributed by atoms with Crippen LogP contribution in [0.5, 0.6) is 5.75 Å². The molecule has 0 atom stereocenters. The molecule has 0 bridgehead atoms. The van der Waals surface area contributed by atoms with Crippen LogP contribution in [-0.4, -0.2) is 11.1 Å². The molecule has 1 aliphatic heterocycles. The Kier molecular flexibility index (Phi) is 4.87. The first-order valence-electron chi connectivity index (χ1n) is 6.93. The van der Waals surface area contributed by atoms with E-state index in [9.17, 15) is 14.0 Å². The lowest BCUT2D eigenvalue weighted by molar-refractivity contribution is -0.115. The fourth-order valence-electron chi connectivity index (χ4n) is 2.09. The summed E-state index contributed by atoms with van der Waals surface area (Å²) in [4.78, 5) is 23.0. The van der Waals surface area contributed by atoms with Crippen molar-refractivity contribution in [2.45, 2.75) is 6.61 Å². The average Bonchev–Trinajstić information content (AvgIpc) is 2.85. The molecule has 2 aromatic rings. The molecule has 2 aromatic carbocycles. The van der Waals surface area contributed by atoms with Gasteiger partial charge in [0.25, 0.3) is 11.1 Å². The zero-order valence-electron chi connectivity index (χ0n) is 12.2. The highest BCUT2D eigenvalue weighted by Crippen LogP contribution is 2.27. The molecule has 3 rings (SSSR count). The Balaban J connectivity index is 1.75. The fraction of sp³-hybridized carbons (Fsp3) is 0.0588. The summed E-state index contributed by atoms with van der Waals surface area (Å²) < 4.78 is 19.3. The van der Waals surface area contributed by atoms with Gasteiger partial charge in [0.1, 0.15) is 18.2 Å². The van der Waals surface area contributed by atoms with Gasteiger partial charge in [0.2, 0.25) is 0 Å². The smallest absolute Gasteiger partial charge is 0.290 e. The van der Waals surface area contributed by atoms with Crippen LogP contribution in [0.1, 0.15) is 11.1 Å². The van der Waals surface area contributed by atoms with Gasteiger partial charge in [-0.3, -0.25) is 14.9 Å². The standard InChI is InChI=1S/C17H11ClFNO3S/c18-13-5-2-6-14(19)12(13)9-23-11-4-1-3-10(7-11)8-15-16(21)20-17(22)24-15/h1-8H,9H2,(H,20,21,22)/b15-8+. The third-order valence-electron chi connectivity index (χ3n) is 3.24. The number of hydrogen-bond acceptors (Lipinski definition) is 4. The van der Waals surface area contributed by atoms with Gasteiger partial charge in [0.15, 0.2) is 0 Å². The zero-order chi connectivity index (χ0) is 17.1. The van der Waals surface area contributed by atoms with Crippen LogP contribution >= 0.6 is 23.4 Å². The second-order valence-corrected chi connectivity index (χ2v) is 6.34. The fourth-order valence-corrected chi connectivity index (χ4v) is 2.99. The Labute approximate surface area is 146 Å². The maximum Gasteiger partial charge on any atom is 0.290 e. The molecule has 1 heterocycles. The SMILES string of the molecule is O=C1NC(=O)/C(=C\c2cccc(OCc3c(F)cccc3Cl)c2)S1. The molecular weight excluding hydrogens is 353 g/mol. The van der Waals surface area contributed by atoms with E-state index in [0.717, 1.165) is 11.8 Å². The molecule has 0 radical (unpaired) electrons. The largest absolute Gasteiger partial charge is 0.489 e. The number of ether oxygens (including phenoxy) is 1. The second-order valence-electron chi connectivity index (χ2n) is 4.91. The summed E-state index contributed by atoms with van der Waals surface area (Å²) in [5.41, 5.74) is 0.971. The first kappa shape index (κ1) is 16.5. The average molecular weight is 364 g/mol. The molecule has 0 saturated carbocycles. The minimum Gasteiger partial charge on any atom is -0.489 e. The Morgan fingerprint density at radius 2 is 2.00 bits per heavy atom. The van der Waals surface area contributed by atoms with Crippen LogP contribution in [0.2, 0.25) is 5.02 Å². The van der Waals surface area contributed by atoms with E-state index >= 15 is 0 Å². The van der Waals surface area contributed by atoms with Crippen molar-refractivity contribution in [1.82, 2.24) is 5.32 Å². The summed E-state index contributed by atoms with van der Waals surface area (Å²) in [5, 5.41) is 2.09. The van der Waals surface area contributed by atoms with Crippen molar-refractivity contribution >= 4 is 40.6 Å². The number of thioether (sulfide) groups is 1. The zero-order valence-corrected chi connectivity index (χ0v) is 13.8. The van der Waals surface area contributed by atoms with Crippen LogP contribution in [0.15, 0.2) is 47.4 Å². The topological polar surface area (TPSA) is 55.4 Å². The molecule has 0 aromatic heterocycles. The molecule has 1 fully saturated rings. The minimum atomic E-state index is -0.432. The van der Waals surface area contributed by atoms with Crippen LogP contribution in [0.3, 0.4) is 0 Å². The van der Waals surface area contributed by atoms with Crippen molar-refractivity contribution in [3.05, 3.63) is 69.3 Å². The van der Waals surface area contributed by atoms with Crippen molar-refractivity contribution in [1.29, 1.82) is 0 Å². The number of amides is 2. The number of rotatable bonds is 4. The number of nitrogens with one attached hydrogen (secondary N) is 1. The predicted molar refractivity (Wildman–Crippen MR) is 91.3 cm³/mol. The summed E-state index contributed by atoms with van der Waals surface area (Å²) in [7, 11) is 0. The Hall–Kier alpha value is -2.31. The lowest BCUT2D eigenvalue weighted by atomic mass is 10.2. The Morgan fingerprint density at radius 3 is 2.71 bits per heavy atom. The highest BCUT2D eigenvalue weighted by Gasteiger charge is 2.24. The van der Waals surface area contributed by atoms with Crippen molar-refractivity contribution in [2.75, 3.05) is 0 Å². The lowest BCUT2D eigenvalue weighted by Crippen LogP contribution is -2.17. The molecule has 122 valence electrons. The van der Waals surface area contributed by atoms with Crippen LogP contribution in [-0.2, 0) is 11.4 Å². The van der Waals surface area contributed by atoms with Gasteiger partial charge >= 0.3 is 0 Å². The molecular formula is C17H11ClFNO3S. The number of hydrogen-bond donors (Lipinski definition) is 1. The summed E-state index contributed by atoms with van der Waals surface area (Å²) >= 11 is 6.80. The predicted octanol–water partition coefficient (Wildman–Crippen LogP) is 4.38. The molecule has 1 aliphatic rings. The van der Waals surface area contributed by atoms with Gasteiger partial charge in [-0.2, -0.15) is 0 Å². The van der Waals surface area contributed by atoms with Crippen LogP contribution in [0, 0.1) is 5.82 Å². The number of carbonyl (C=O) groups excluding carboxylic acids is 2. The quantitative estimate of drug-likeness (QED) is 0.819. The molecule has 0 spiro atoms. The van der Waals surface area contributed by atoms with Crippen LogP contribution < -0.4 is 10.1 Å². The second kappa shape index (κ2) is 7.07. The third kappa shape index (κ3) is 3.77. The van der Waals surface area contributed by atoms with Gasteiger partial charge < -0.3 is 4.74 Å². The van der Waals surface area contributed by atoms with E-state index in [4.69, 9.17) is 16.3 Å². The first-order chi connectivity index (χ1) is 11.5. The van der Waals surface area contributed by atoms with Gasteiger partial charge in [0, 0.05) is 5.56 Å². The maximum absolute atomic E-state index is 13.7. The van der Waals surface area contributed by atoms with E-state index in [-0.39, 0.29) is 12.2 Å². The highest BCUT2D eigenvalue weighted by atomic mass is 35.5. The number of carbonyl (C=O) groups is 2. The lowest BCUT2D eigenvalue weighted by Gasteiger charge is -2.09. The van der Waals surface area contributed by atoms with Gasteiger partial charge in [-0.05, 0) is 47.7 Å². The number of imide groups is 1. The molecule has 0 aliphatic carbocycles. The van der Waals surface area contributed by atoms with E-state index < -0.39 is 17.0 Å². The Bertz CT molecular complexity index is 833. The van der Waals surface area contributed by atoms with E-state index in [2.05, 4.69) is 5.32 Å². The summed E-state index contributed by atoms with van der Waals surface area (Å²) in [6.07, 6.45) is 1.59. The summed E-state index contributed by atoms with van der Waals surface area (Å²) in [5.74, 6) is -0.355. The van der Waals surface area contributed by atoms with Gasteiger partial charge in [-0.1, -0.05) is 29.8 Å². The minimum absolute atomic E-state index is 0.0146. The van der Waals surface area contributed by atoms with Crippen molar-refractivity contribution in [2.24, 2.45) is 0 Å². The molecule has 1 saturated heterocycles. The monoisotopic (exact) mass is 363 g/mol. The van der Waals surface area contributed by atoms with Gasteiger partial charge in [-0.15, -0.1) is 0 Å².